The number of nitrogens with zero attached hydrogens (tertiary/aromatic N) is 2. The Kier molecular flexibility index (Phi) is 6.65. The van der Waals surface area contributed by atoms with Crippen LogP contribution in [-0.2, 0) is 9.59 Å². The Balaban J connectivity index is 2.03. The van der Waals surface area contributed by atoms with E-state index >= 15 is 0 Å². The molecule has 0 aliphatic carbocycles. The maximum absolute atomic E-state index is 12.8. The van der Waals surface area contributed by atoms with E-state index in [1.807, 2.05) is 19.9 Å². The molecular formula is C23H26N2O4. The van der Waals surface area contributed by atoms with Crippen molar-refractivity contribution < 1.29 is 19.4 Å². The van der Waals surface area contributed by atoms with Crippen LogP contribution in [0.2, 0.25) is 0 Å². The molecule has 6 nitrogen and oxygen atoms in total. The molecule has 1 unspecified atom stereocenters. The van der Waals surface area contributed by atoms with Gasteiger partial charge >= 0.3 is 0 Å². The molecule has 1 fully saturated rings. The van der Waals surface area contributed by atoms with E-state index in [0.717, 1.165) is 19.3 Å². The SMILES string of the molecule is CCCCN1C(=O)C(=O)/C(=C(\O)c2ccc(OCCC)cc2)C1c1ccccn1. The van der Waals surface area contributed by atoms with Crippen LogP contribution in [0.15, 0.2) is 54.2 Å². The van der Waals surface area contributed by atoms with Crippen molar-refractivity contribution in [3.05, 3.63) is 65.5 Å². The van der Waals surface area contributed by atoms with E-state index in [4.69, 9.17) is 4.74 Å². The Hall–Kier alpha value is -3.15. The second kappa shape index (κ2) is 9.37. The number of Topliss-reactive ketones (excluding diaryl/α,β-unsaturated/α-hetero) is 1. The number of unbranched alkanes of at least 4 members (excludes halogenated alkanes) is 1. The molecule has 1 atom stereocenters. The largest absolute Gasteiger partial charge is 0.507 e. The van der Waals surface area contributed by atoms with Crippen molar-refractivity contribution in [3.8, 4) is 5.75 Å². The zero-order valence-electron chi connectivity index (χ0n) is 16.8. The number of pyridine rings is 1. The zero-order chi connectivity index (χ0) is 20.8. The number of hydrogen-bond donors (Lipinski definition) is 1. The van der Waals surface area contributed by atoms with Crippen LogP contribution >= 0.6 is 0 Å². The fourth-order valence-electron chi connectivity index (χ4n) is 3.37. The third-order valence-corrected chi connectivity index (χ3v) is 4.86. The fourth-order valence-corrected chi connectivity index (χ4v) is 3.37. The van der Waals surface area contributed by atoms with Crippen molar-refractivity contribution in [2.75, 3.05) is 13.2 Å². The highest BCUT2D eigenvalue weighted by atomic mass is 16.5. The van der Waals surface area contributed by atoms with Crippen LogP contribution < -0.4 is 4.74 Å². The van der Waals surface area contributed by atoms with E-state index in [1.54, 1.807) is 42.6 Å². The Morgan fingerprint density at radius 3 is 2.48 bits per heavy atom. The number of ketones is 1. The fraction of sp³-hybridized carbons (Fsp3) is 0.348. The Labute approximate surface area is 170 Å². The van der Waals surface area contributed by atoms with E-state index in [2.05, 4.69) is 4.98 Å². The summed E-state index contributed by atoms with van der Waals surface area (Å²) in [5.41, 5.74) is 1.10. The number of rotatable bonds is 8. The van der Waals surface area contributed by atoms with Crippen molar-refractivity contribution in [3.63, 3.8) is 0 Å². The Bertz CT molecular complexity index is 891. The molecule has 1 aliphatic rings. The van der Waals surface area contributed by atoms with E-state index in [0.29, 0.717) is 30.2 Å². The monoisotopic (exact) mass is 394 g/mol. The van der Waals surface area contributed by atoms with Crippen LogP contribution in [0.25, 0.3) is 5.76 Å². The lowest BCUT2D eigenvalue weighted by Crippen LogP contribution is -2.31. The molecule has 1 saturated heterocycles. The van der Waals surface area contributed by atoms with Gasteiger partial charge in [-0.3, -0.25) is 14.6 Å². The van der Waals surface area contributed by atoms with Gasteiger partial charge in [0.25, 0.3) is 11.7 Å². The molecule has 1 N–H and O–H groups in total. The highest BCUT2D eigenvalue weighted by Gasteiger charge is 2.46. The first-order chi connectivity index (χ1) is 14.1. The predicted molar refractivity (Wildman–Crippen MR) is 110 cm³/mol. The van der Waals surface area contributed by atoms with Gasteiger partial charge in [0.2, 0.25) is 0 Å². The van der Waals surface area contributed by atoms with Gasteiger partial charge in [-0.15, -0.1) is 0 Å². The summed E-state index contributed by atoms with van der Waals surface area (Å²) in [5.74, 6) is -0.785. The van der Waals surface area contributed by atoms with Crippen LogP contribution in [-0.4, -0.2) is 39.8 Å². The Morgan fingerprint density at radius 1 is 1.10 bits per heavy atom. The highest BCUT2D eigenvalue weighted by molar-refractivity contribution is 6.46. The lowest BCUT2D eigenvalue weighted by atomic mass is 9.98. The highest BCUT2D eigenvalue weighted by Crippen LogP contribution is 2.38. The maximum Gasteiger partial charge on any atom is 0.295 e. The first-order valence-electron chi connectivity index (χ1n) is 10.0. The molecule has 1 aromatic heterocycles. The summed E-state index contributed by atoms with van der Waals surface area (Å²) in [6.45, 7) is 5.08. The molecule has 29 heavy (non-hydrogen) atoms. The number of benzene rings is 1. The molecule has 2 heterocycles. The topological polar surface area (TPSA) is 79.7 Å². The van der Waals surface area contributed by atoms with Gasteiger partial charge in [-0.1, -0.05) is 26.3 Å². The van der Waals surface area contributed by atoms with E-state index in [1.165, 1.54) is 4.90 Å². The summed E-state index contributed by atoms with van der Waals surface area (Å²) in [7, 11) is 0. The number of amides is 1. The number of carbonyl (C=O) groups excluding carboxylic acids is 2. The minimum Gasteiger partial charge on any atom is -0.507 e. The number of aliphatic hydroxyl groups excluding tert-OH is 1. The van der Waals surface area contributed by atoms with Crippen LogP contribution in [0.4, 0.5) is 0 Å². The molecule has 152 valence electrons. The van der Waals surface area contributed by atoms with Gasteiger partial charge in [0.05, 0.1) is 17.9 Å². The van der Waals surface area contributed by atoms with Gasteiger partial charge in [-0.2, -0.15) is 0 Å². The van der Waals surface area contributed by atoms with Crippen molar-refractivity contribution >= 4 is 17.4 Å². The van der Waals surface area contributed by atoms with Crippen molar-refractivity contribution in [1.29, 1.82) is 0 Å². The van der Waals surface area contributed by atoms with Gasteiger partial charge in [0.1, 0.15) is 17.6 Å². The zero-order valence-corrected chi connectivity index (χ0v) is 16.8. The average Bonchev–Trinajstić information content (AvgIpc) is 3.01. The molecule has 3 rings (SSSR count). The van der Waals surface area contributed by atoms with Gasteiger partial charge in [-0.25, -0.2) is 0 Å². The van der Waals surface area contributed by atoms with E-state index in [-0.39, 0.29) is 11.3 Å². The molecule has 0 bridgehead atoms. The van der Waals surface area contributed by atoms with E-state index < -0.39 is 17.7 Å². The van der Waals surface area contributed by atoms with Crippen molar-refractivity contribution in [2.45, 2.75) is 39.2 Å². The summed E-state index contributed by atoms with van der Waals surface area (Å²) in [4.78, 5) is 31.4. The first kappa shape index (κ1) is 20.6. The molecule has 1 aliphatic heterocycles. The van der Waals surface area contributed by atoms with Crippen molar-refractivity contribution in [1.82, 2.24) is 9.88 Å². The lowest BCUT2D eigenvalue weighted by Gasteiger charge is -2.24. The third-order valence-electron chi connectivity index (χ3n) is 4.86. The number of aromatic nitrogens is 1. The molecule has 0 saturated carbocycles. The number of ether oxygens (including phenoxy) is 1. The number of aliphatic hydroxyl groups is 1. The minimum atomic E-state index is -0.696. The van der Waals surface area contributed by atoms with Crippen LogP contribution in [0.3, 0.4) is 0 Å². The van der Waals surface area contributed by atoms with Crippen LogP contribution in [0.1, 0.15) is 50.4 Å². The molecule has 1 amide bonds. The number of hydrogen-bond acceptors (Lipinski definition) is 5. The summed E-state index contributed by atoms with van der Waals surface area (Å²) in [6, 6.07) is 11.5. The standard InChI is InChI=1S/C23H26N2O4/c1-3-5-14-25-20(18-8-6-7-13-24-18)19(22(27)23(25)28)21(26)16-9-11-17(12-10-16)29-15-4-2/h6-13,20,26H,3-5,14-15H2,1-2H3/b21-19-. The van der Waals surface area contributed by atoms with E-state index in [9.17, 15) is 14.7 Å². The average molecular weight is 394 g/mol. The molecular weight excluding hydrogens is 368 g/mol. The second-order valence-electron chi connectivity index (χ2n) is 6.97. The van der Waals surface area contributed by atoms with Gasteiger partial charge in [0, 0.05) is 18.3 Å². The molecule has 0 radical (unpaired) electrons. The quantitative estimate of drug-likeness (QED) is 0.414. The minimum absolute atomic E-state index is 0.0760. The number of carbonyl (C=O) groups is 2. The van der Waals surface area contributed by atoms with Crippen molar-refractivity contribution in [2.24, 2.45) is 0 Å². The lowest BCUT2D eigenvalue weighted by molar-refractivity contribution is -0.140. The predicted octanol–water partition coefficient (Wildman–Crippen LogP) is 4.09. The first-order valence-corrected chi connectivity index (χ1v) is 10.0. The molecule has 6 heteroatoms. The normalized spacial score (nSPS) is 18.3. The Morgan fingerprint density at radius 2 is 1.86 bits per heavy atom. The van der Waals surface area contributed by atoms with Crippen LogP contribution in [0, 0.1) is 0 Å². The third kappa shape index (κ3) is 4.31. The maximum atomic E-state index is 12.8. The van der Waals surface area contributed by atoms with Gasteiger partial charge < -0.3 is 14.7 Å². The summed E-state index contributed by atoms with van der Waals surface area (Å²) < 4.78 is 5.57. The molecule has 1 aromatic carbocycles. The molecule has 0 spiro atoms. The molecule has 2 aromatic rings. The summed E-state index contributed by atoms with van der Waals surface area (Å²) in [5, 5.41) is 11.0. The summed E-state index contributed by atoms with van der Waals surface area (Å²) in [6.07, 6.45) is 4.17. The van der Waals surface area contributed by atoms with Crippen LogP contribution in [0.5, 0.6) is 5.75 Å². The second-order valence-corrected chi connectivity index (χ2v) is 6.97. The van der Waals surface area contributed by atoms with Gasteiger partial charge in [0.15, 0.2) is 0 Å². The number of likely N-dealkylation sites (tertiary alicyclic amines) is 1. The summed E-state index contributed by atoms with van der Waals surface area (Å²) >= 11 is 0. The van der Waals surface area contributed by atoms with Gasteiger partial charge in [-0.05, 0) is 49.2 Å². The smallest absolute Gasteiger partial charge is 0.295 e.